The number of aliphatic hydroxyl groups is 2. The molecule has 1 heterocycles. The minimum Gasteiger partial charge on any atom is -0.497 e. The number of nitrogens with zero attached hydrogens (tertiary/aromatic N) is 2. The molecule has 2 amide bonds. The molecule has 1 aliphatic heterocycles. The third kappa shape index (κ3) is 11.5. The number of methoxy groups -OCH3 is 2. The van der Waals surface area contributed by atoms with E-state index in [1.165, 1.54) is 19.2 Å². The first kappa shape index (κ1) is 49.5. The summed E-state index contributed by atoms with van der Waals surface area (Å²) in [7, 11) is 3.05. The van der Waals surface area contributed by atoms with Gasteiger partial charge in [0.25, 0.3) is 0 Å². The number of carbonyl (C=O) groups is 2. The fourth-order valence-electron chi connectivity index (χ4n) is 10.9. The van der Waals surface area contributed by atoms with Crippen LogP contribution in [0.4, 0.5) is 14.9 Å². The summed E-state index contributed by atoms with van der Waals surface area (Å²) in [5, 5.41) is 27.6. The molecule has 3 N–H and O–H groups in total. The fourth-order valence-corrected chi connectivity index (χ4v) is 10.9. The summed E-state index contributed by atoms with van der Waals surface area (Å²) in [6.07, 6.45) is 13.4. The van der Waals surface area contributed by atoms with E-state index in [1.54, 1.807) is 55.7 Å². The van der Waals surface area contributed by atoms with Crippen LogP contribution in [0.15, 0.2) is 90.1 Å². The first-order chi connectivity index (χ1) is 32.7. The molecule has 0 bridgehead atoms. The van der Waals surface area contributed by atoms with E-state index in [0.29, 0.717) is 60.4 Å². The van der Waals surface area contributed by atoms with Crippen LogP contribution < -0.4 is 24.3 Å². The second kappa shape index (κ2) is 23.5. The maximum Gasteiger partial charge on any atom is 0.417 e. The third-order valence-corrected chi connectivity index (χ3v) is 14.0. The predicted molar refractivity (Wildman–Crippen MR) is 254 cm³/mol. The van der Waals surface area contributed by atoms with Crippen molar-refractivity contribution in [1.29, 1.82) is 0 Å². The van der Waals surface area contributed by atoms with Crippen molar-refractivity contribution < 1.29 is 52.7 Å². The molecule has 4 aliphatic rings. The van der Waals surface area contributed by atoms with Gasteiger partial charge in [-0.2, -0.15) is 0 Å². The number of allylic oxidation sites excluding steroid dienone is 1. The van der Waals surface area contributed by atoms with Crippen LogP contribution in [0, 0.1) is 29.5 Å². The highest BCUT2D eigenvalue weighted by Gasteiger charge is 2.65. The van der Waals surface area contributed by atoms with Gasteiger partial charge in [-0.05, 0) is 110 Å². The normalized spacial score (nSPS) is 23.6. The molecule has 0 saturated heterocycles. The molecule has 6 unspecified atom stereocenters. The lowest BCUT2D eigenvalue weighted by Gasteiger charge is -2.60. The van der Waals surface area contributed by atoms with Crippen molar-refractivity contribution in [2.45, 2.75) is 115 Å². The van der Waals surface area contributed by atoms with E-state index in [1.807, 2.05) is 17.9 Å². The summed E-state index contributed by atoms with van der Waals surface area (Å²) < 4.78 is 45.8. The summed E-state index contributed by atoms with van der Waals surface area (Å²) in [5.41, 5.74) is 3.53. The number of benzene rings is 3. The van der Waals surface area contributed by atoms with E-state index < -0.39 is 23.8 Å². The Bertz CT molecular complexity index is 2210. The number of nitrogens with one attached hydrogen (secondary N) is 1. The number of carbonyl (C=O) groups excluding carboxylic acids is 2. The van der Waals surface area contributed by atoms with E-state index in [4.69, 9.17) is 33.7 Å². The van der Waals surface area contributed by atoms with Crippen molar-refractivity contribution in [3.05, 3.63) is 102 Å². The van der Waals surface area contributed by atoms with Gasteiger partial charge >= 0.3 is 6.09 Å². The Balaban J connectivity index is 1.39. The number of amides is 2. The number of oxime groups is 1. The van der Waals surface area contributed by atoms with Crippen LogP contribution >= 0.6 is 0 Å². The summed E-state index contributed by atoms with van der Waals surface area (Å²) in [6.45, 7) is 6.64. The molecule has 2 fully saturated rings. The number of hydrogen-bond acceptors (Lipinski definition) is 11. The lowest BCUT2D eigenvalue weighted by atomic mass is 9.55. The van der Waals surface area contributed by atoms with Crippen molar-refractivity contribution in [2.75, 3.05) is 46.0 Å². The molecular weight excluding hydrogens is 858 g/mol. The highest BCUT2D eigenvalue weighted by molar-refractivity contribution is 6.03. The van der Waals surface area contributed by atoms with Gasteiger partial charge in [0.1, 0.15) is 41.5 Å². The average molecular weight is 926 g/mol. The summed E-state index contributed by atoms with van der Waals surface area (Å²) in [5.74, 6) is -0.612. The smallest absolute Gasteiger partial charge is 0.417 e. The van der Waals surface area contributed by atoms with Gasteiger partial charge in [0.2, 0.25) is 11.7 Å². The van der Waals surface area contributed by atoms with Gasteiger partial charge in [-0.1, -0.05) is 68.0 Å². The molecule has 14 heteroatoms. The zero-order chi connectivity index (χ0) is 47.3. The zero-order valence-corrected chi connectivity index (χ0v) is 39.3. The van der Waals surface area contributed by atoms with E-state index in [9.17, 15) is 19.4 Å². The quantitative estimate of drug-likeness (QED) is 0.0475. The maximum atomic E-state index is 15.1. The SMILES string of the molecule is C=CCOC12Oc3ccc(OC(=O)Nc4ccc(OC)cc4OC)cc3C3C(CCCCO)C(CCCCO)C=C(C(=NOCC)CC1N(Cc1ccc(F)cc1)C(=O)CCC1CCCC1)C32. The minimum atomic E-state index is -1.48. The molecule has 6 atom stereocenters. The number of ether oxygens (including phenoxy) is 5. The zero-order valence-electron chi connectivity index (χ0n) is 39.3. The molecule has 0 aromatic heterocycles. The molecule has 0 radical (unpaired) electrons. The Morgan fingerprint density at radius 3 is 2.40 bits per heavy atom. The van der Waals surface area contributed by atoms with Gasteiger partial charge in [0.15, 0.2) is 0 Å². The Hall–Kier alpha value is -5.44. The van der Waals surface area contributed by atoms with E-state index in [-0.39, 0.29) is 68.0 Å². The number of aliphatic hydroxyl groups excluding tert-OH is 2. The maximum absolute atomic E-state index is 15.1. The third-order valence-electron chi connectivity index (χ3n) is 14.0. The second-order valence-corrected chi connectivity index (χ2v) is 18.1. The average Bonchev–Trinajstić information content (AvgIpc) is 3.87. The van der Waals surface area contributed by atoms with Crippen molar-refractivity contribution in [3.8, 4) is 23.0 Å². The highest BCUT2D eigenvalue weighted by Crippen LogP contribution is 2.62. The molecule has 0 spiro atoms. The standard InChI is InChI=1S/C53H68FN3O10/c1-5-29-64-53-48(57(34-36-17-20-38(54)21-18-36)49(60)26-19-35-13-7-8-14-35)33-45(56-65-6-2)42-30-37(15-9-11-27-58)41(16-10-12-28-59)50(51(42)53)43-31-40(23-25-46(43)67-53)66-52(61)55-44-24-22-39(62-3)32-47(44)63-4/h5,17-18,20-25,30-32,35,37,41,48,50-51,58-59H,1,6-16,19,26-29,33-34H2,2-4H3,(H,55,61). The van der Waals surface area contributed by atoms with Gasteiger partial charge in [0, 0.05) is 50.1 Å². The van der Waals surface area contributed by atoms with E-state index >= 15 is 4.79 Å². The Morgan fingerprint density at radius 2 is 1.70 bits per heavy atom. The summed E-state index contributed by atoms with van der Waals surface area (Å²) in [4.78, 5) is 36.5. The van der Waals surface area contributed by atoms with Gasteiger partial charge in [-0.15, -0.1) is 6.58 Å². The number of rotatable bonds is 23. The van der Waals surface area contributed by atoms with Crippen LogP contribution in [0.25, 0.3) is 0 Å². The van der Waals surface area contributed by atoms with Crippen LogP contribution in [0.1, 0.15) is 107 Å². The van der Waals surface area contributed by atoms with Crippen LogP contribution in [-0.4, -0.2) is 85.3 Å². The summed E-state index contributed by atoms with van der Waals surface area (Å²) >= 11 is 0. The molecule has 67 heavy (non-hydrogen) atoms. The first-order valence-electron chi connectivity index (χ1n) is 24.1. The predicted octanol–water partition coefficient (Wildman–Crippen LogP) is 10.1. The van der Waals surface area contributed by atoms with Crippen LogP contribution in [-0.2, 0) is 20.9 Å². The van der Waals surface area contributed by atoms with E-state index in [0.717, 1.165) is 74.5 Å². The highest BCUT2D eigenvalue weighted by atomic mass is 19.1. The second-order valence-electron chi connectivity index (χ2n) is 18.1. The molecule has 3 aromatic carbocycles. The number of halogens is 1. The molecule has 2 saturated carbocycles. The first-order valence-corrected chi connectivity index (χ1v) is 24.1. The van der Waals surface area contributed by atoms with Crippen LogP contribution in [0.3, 0.4) is 0 Å². The van der Waals surface area contributed by atoms with Gasteiger partial charge in [0.05, 0.1) is 38.1 Å². The topological polar surface area (TPSA) is 158 Å². The number of hydrogen-bond donors (Lipinski definition) is 3. The Morgan fingerprint density at radius 1 is 0.955 bits per heavy atom. The fraction of sp³-hybridized carbons (Fsp3) is 0.528. The van der Waals surface area contributed by atoms with Crippen molar-refractivity contribution in [3.63, 3.8) is 0 Å². The largest absolute Gasteiger partial charge is 0.497 e. The number of fused-ring (bicyclic) bond motifs is 2. The molecule has 3 aliphatic carbocycles. The monoisotopic (exact) mass is 925 g/mol. The number of unbranched alkanes of at least 4 members (excludes halogenated alkanes) is 2. The van der Waals surface area contributed by atoms with Gasteiger partial charge in [-0.25, -0.2) is 9.18 Å². The van der Waals surface area contributed by atoms with Crippen LogP contribution in [0.5, 0.6) is 23.0 Å². The lowest BCUT2D eigenvalue weighted by molar-refractivity contribution is -0.258. The summed E-state index contributed by atoms with van der Waals surface area (Å²) in [6, 6.07) is 15.9. The Labute approximate surface area is 394 Å². The van der Waals surface area contributed by atoms with Gasteiger partial charge < -0.3 is 43.6 Å². The molecule has 362 valence electrons. The van der Waals surface area contributed by atoms with Gasteiger partial charge in [-0.3, -0.25) is 10.1 Å². The molecular formula is C53H68FN3O10. The minimum absolute atomic E-state index is 0.00620. The number of anilines is 1. The molecule has 3 aromatic rings. The van der Waals surface area contributed by atoms with Crippen LogP contribution in [0.2, 0.25) is 0 Å². The van der Waals surface area contributed by atoms with Crippen molar-refractivity contribution in [2.24, 2.45) is 28.8 Å². The molecule has 13 nitrogen and oxygen atoms in total. The lowest BCUT2D eigenvalue weighted by Crippen LogP contribution is -2.70. The Kier molecular flexibility index (Phi) is 17.4. The molecule has 7 rings (SSSR count). The van der Waals surface area contributed by atoms with Crippen molar-refractivity contribution >= 4 is 23.4 Å². The van der Waals surface area contributed by atoms with E-state index in [2.05, 4.69) is 18.0 Å². The van der Waals surface area contributed by atoms with Crippen molar-refractivity contribution in [1.82, 2.24) is 4.90 Å².